The molecule has 0 spiro atoms. The van der Waals surface area contributed by atoms with Gasteiger partial charge < -0.3 is 10.2 Å². The molecule has 2 aromatic heterocycles. The summed E-state index contributed by atoms with van der Waals surface area (Å²) in [5, 5.41) is 26.5. The van der Waals surface area contributed by atoms with E-state index in [1.54, 1.807) is 28.7 Å². The van der Waals surface area contributed by atoms with Crippen LogP contribution < -0.4 is 0 Å². The first-order valence-electron chi connectivity index (χ1n) is 11.6. The summed E-state index contributed by atoms with van der Waals surface area (Å²) in [6.45, 7) is 9.00. The van der Waals surface area contributed by atoms with Gasteiger partial charge in [-0.3, -0.25) is 0 Å². The van der Waals surface area contributed by atoms with E-state index in [9.17, 15) is 10.2 Å². The van der Waals surface area contributed by atoms with E-state index in [4.69, 9.17) is 0 Å². The lowest BCUT2D eigenvalue weighted by atomic mass is 9.75. The van der Waals surface area contributed by atoms with Gasteiger partial charge in [-0.1, -0.05) is 79.1 Å². The van der Waals surface area contributed by atoms with Gasteiger partial charge in [-0.25, -0.2) is 0 Å². The molecule has 0 aliphatic rings. The predicted octanol–water partition coefficient (Wildman–Crippen LogP) is 8.58. The monoisotopic (exact) mass is 436 g/mol. The summed E-state index contributed by atoms with van der Waals surface area (Å²) in [7, 11) is 0. The summed E-state index contributed by atoms with van der Waals surface area (Å²) in [6.07, 6.45) is 11.1. The van der Waals surface area contributed by atoms with Gasteiger partial charge in [-0.15, -0.1) is 22.7 Å². The molecule has 29 heavy (non-hydrogen) atoms. The lowest BCUT2D eigenvalue weighted by Gasteiger charge is -2.35. The van der Waals surface area contributed by atoms with Crippen LogP contribution in [-0.2, 0) is 5.60 Å². The molecule has 0 amide bonds. The minimum atomic E-state index is -0.825. The Morgan fingerprint density at radius 3 is 1.79 bits per heavy atom. The van der Waals surface area contributed by atoms with E-state index in [0.717, 1.165) is 41.0 Å². The van der Waals surface area contributed by atoms with Crippen molar-refractivity contribution in [2.75, 3.05) is 0 Å². The lowest BCUT2D eigenvalue weighted by Crippen LogP contribution is -2.32. The van der Waals surface area contributed by atoms with Crippen LogP contribution >= 0.6 is 22.7 Å². The highest BCUT2D eigenvalue weighted by Crippen LogP contribution is 2.48. The minimum Gasteiger partial charge on any atom is -0.506 e. The maximum Gasteiger partial charge on any atom is 0.135 e. The van der Waals surface area contributed by atoms with Crippen LogP contribution in [0.3, 0.4) is 0 Å². The number of aromatic hydroxyl groups is 1. The number of rotatable bonds is 14. The number of thiophene rings is 2. The molecule has 0 bridgehead atoms. The van der Waals surface area contributed by atoms with Crippen molar-refractivity contribution in [3.8, 4) is 15.5 Å². The molecule has 2 rings (SSSR count). The highest BCUT2D eigenvalue weighted by atomic mass is 32.1. The van der Waals surface area contributed by atoms with Crippen LogP contribution in [0.25, 0.3) is 9.75 Å². The van der Waals surface area contributed by atoms with Crippen molar-refractivity contribution in [2.45, 2.75) is 97.5 Å². The van der Waals surface area contributed by atoms with Gasteiger partial charge >= 0.3 is 0 Å². The second-order valence-electron chi connectivity index (χ2n) is 8.57. The Morgan fingerprint density at radius 1 is 0.828 bits per heavy atom. The standard InChI is InChI=1S/C25H40O2S2/c1-5-9-11-19(7-3)17-25(27,18-20(8-4)12-10-6-2)21-13-15-28-23(21)24-22(26)14-16-29-24/h13-16,19-20,26-27H,5-12,17-18H2,1-4H3. The van der Waals surface area contributed by atoms with E-state index in [1.807, 2.05) is 5.38 Å². The zero-order valence-electron chi connectivity index (χ0n) is 18.7. The van der Waals surface area contributed by atoms with Crippen LogP contribution in [0.15, 0.2) is 22.9 Å². The Balaban J connectivity index is 2.39. The first kappa shape index (κ1) is 24.4. The number of hydrogen-bond donors (Lipinski definition) is 2. The van der Waals surface area contributed by atoms with Crippen LogP contribution in [0.2, 0.25) is 0 Å². The van der Waals surface area contributed by atoms with Crippen molar-refractivity contribution in [2.24, 2.45) is 11.8 Å². The van der Waals surface area contributed by atoms with Crippen LogP contribution in [-0.4, -0.2) is 10.2 Å². The van der Waals surface area contributed by atoms with Crippen molar-refractivity contribution in [1.29, 1.82) is 0 Å². The van der Waals surface area contributed by atoms with Crippen molar-refractivity contribution in [1.82, 2.24) is 0 Å². The summed E-state index contributed by atoms with van der Waals surface area (Å²) in [5.74, 6) is 1.40. The molecular formula is C25H40O2S2. The molecule has 0 saturated carbocycles. The zero-order valence-corrected chi connectivity index (χ0v) is 20.4. The Morgan fingerprint density at radius 2 is 1.34 bits per heavy atom. The van der Waals surface area contributed by atoms with Crippen molar-refractivity contribution in [3.05, 3.63) is 28.5 Å². The van der Waals surface area contributed by atoms with Gasteiger partial charge in [-0.2, -0.15) is 0 Å². The molecule has 0 aromatic carbocycles. The second kappa shape index (κ2) is 12.1. The maximum absolute atomic E-state index is 12.2. The fourth-order valence-corrected chi connectivity index (χ4v) is 6.43. The first-order valence-corrected chi connectivity index (χ1v) is 13.3. The van der Waals surface area contributed by atoms with E-state index in [0.29, 0.717) is 17.6 Å². The molecule has 0 radical (unpaired) electrons. The third kappa shape index (κ3) is 6.57. The van der Waals surface area contributed by atoms with Gasteiger partial charge in [0.05, 0.1) is 15.4 Å². The first-order chi connectivity index (χ1) is 14.0. The Labute approximate surface area is 186 Å². The fraction of sp³-hybridized carbons (Fsp3) is 0.680. The topological polar surface area (TPSA) is 40.5 Å². The van der Waals surface area contributed by atoms with Crippen LogP contribution in [0.4, 0.5) is 0 Å². The largest absolute Gasteiger partial charge is 0.506 e. The van der Waals surface area contributed by atoms with Crippen LogP contribution in [0.5, 0.6) is 5.75 Å². The van der Waals surface area contributed by atoms with E-state index in [1.165, 1.54) is 38.5 Å². The molecule has 4 heteroatoms. The summed E-state index contributed by atoms with van der Waals surface area (Å²) in [4.78, 5) is 1.95. The van der Waals surface area contributed by atoms with Gasteiger partial charge in [0.2, 0.25) is 0 Å². The molecule has 2 aromatic rings. The summed E-state index contributed by atoms with van der Waals surface area (Å²) >= 11 is 3.21. The van der Waals surface area contributed by atoms with Crippen LogP contribution in [0.1, 0.15) is 97.5 Å². The number of hydrogen-bond acceptors (Lipinski definition) is 4. The Hall–Kier alpha value is -0.840. The number of aliphatic hydroxyl groups is 1. The van der Waals surface area contributed by atoms with Crippen molar-refractivity contribution in [3.63, 3.8) is 0 Å². The van der Waals surface area contributed by atoms with Gasteiger partial charge in [0.1, 0.15) is 5.75 Å². The van der Waals surface area contributed by atoms with Crippen LogP contribution in [0, 0.1) is 11.8 Å². The van der Waals surface area contributed by atoms with Crippen molar-refractivity contribution < 1.29 is 10.2 Å². The van der Waals surface area contributed by atoms with E-state index in [-0.39, 0.29) is 0 Å². The third-order valence-corrected chi connectivity index (χ3v) is 8.34. The molecule has 2 N–H and O–H groups in total. The second-order valence-corrected chi connectivity index (χ2v) is 10.4. The van der Waals surface area contributed by atoms with E-state index < -0.39 is 5.60 Å². The molecule has 2 atom stereocenters. The van der Waals surface area contributed by atoms with Gasteiger partial charge in [-0.05, 0) is 47.6 Å². The highest BCUT2D eigenvalue weighted by molar-refractivity contribution is 7.20. The molecule has 2 heterocycles. The summed E-state index contributed by atoms with van der Waals surface area (Å²) < 4.78 is 0. The van der Waals surface area contributed by atoms with E-state index in [2.05, 4.69) is 39.1 Å². The smallest absolute Gasteiger partial charge is 0.135 e. The number of unbranched alkanes of at least 4 members (excludes halogenated alkanes) is 2. The predicted molar refractivity (Wildman–Crippen MR) is 129 cm³/mol. The molecular weight excluding hydrogens is 396 g/mol. The van der Waals surface area contributed by atoms with Gasteiger partial charge in [0.25, 0.3) is 0 Å². The Bertz CT molecular complexity index is 685. The molecule has 0 fully saturated rings. The van der Waals surface area contributed by atoms with E-state index >= 15 is 0 Å². The highest BCUT2D eigenvalue weighted by Gasteiger charge is 2.37. The average Bonchev–Trinajstić information content (AvgIpc) is 3.37. The molecule has 2 unspecified atom stereocenters. The minimum absolute atomic E-state index is 0.331. The maximum atomic E-state index is 12.2. The van der Waals surface area contributed by atoms with Crippen molar-refractivity contribution >= 4 is 22.7 Å². The molecule has 2 nitrogen and oxygen atoms in total. The molecule has 0 saturated heterocycles. The fourth-order valence-electron chi connectivity index (χ4n) is 4.47. The van der Waals surface area contributed by atoms with Gasteiger partial charge in [0, 0.05) is 5.56 Å². The average molecular weight is 437 g/mol. The zero-order chi connectivity index (χ0) is 21.3. The Kier molecular flexibility index (Phi) is 10.2. The third-order valence-electron chi connectivity index (χ3n) is 6.36. The normalized spacial score (nSPS) is 15.9. The lowest BCUT2D eigenvalue weighted by molar-refractivity contribution is -0.0153. The quantitative estimate of drug-likeness (QED) is 0.311. The van der Waals surface area contributed by atoms with Gasteiger partial charge in [0.15, 0.2) is 0 Å². The molecule has 164 valence electrons. The molecule has 0 aliphatic carbocycles. The molecule has 0 aliphatic heterocycles. The summed E-state index contributed by atoms with van der Waals surface area (Å²) in [5.41, 5.74) is 0.208. The SMILES string of the molecule is CCCCC(CC)CC(O)(CC(CC)CCCC)c1ccsc1-c1sccc1O. The summed E-state index contributed by atoms with van der Waals surface area (Å²) in [6, 6.07) is 3.87.